The Morgan fingerprint density at radius 1 is 1.62 bits per heavy atom. The molecule has 1 aromatic rings. The molecule has 0 aliphatic heterocycles. The molecule has 0 saturated carbocycles. The van der Waals surface area contributed by atoms with Crippen molar-refractivity contribution >= 4 is 6.29 Å². The van der Waals surface area contributed by atoms with Gasteiger partial charge < -0.3 is 4.79 Å². The molecule has 0 saturated heterocycles. The van der Waals surface area contributed by atoms with Crippen LogP contribution in [0.2, 0.25) is 0 Å². The number of halogens is 1. The van der Waals surface area contributed by atoms with Crippen LogP contribution in [-0.4, -0.2) is 6.29 Å². The van der Waals surface area contributed by atoms with Crippen LogP contribution in [0.3, 0.4) is 0 Å². The Morgan fingerprint density at radius 3 is 2.85 bits per heavy atom. The zero-order valence-corrected chi connectivity index (χ0v) is 7.12. The van der Waals surface area contributed by atoms with Gasteiger partial charge in [-0.05, 0) is 23.8 Å². The quantitative estimate of drug-likeness (QED) is 0.648. The van der Waals surface area contributed by atoms with Crippen molar-refractivity contribution in [3.63, 3.8) is 0 Å². The minimum absolute atomic E-state index is 0.348. The van der Waals surface area contributed by atoms with Crippen molar-refractivity contribution in [2.24, 2.45) is 0 Å². The van der Waals surface area contributed by atoms with E-state index in [1.54, 1.807) is 6.92 Å². The zero-order chi connectivity index (χ0) is 9.84. The topological polar surface area (TPSA) is 40.9 Å². The average Bonchev–Trinajstić information content (AvgIpc) is 2.16. The Morgan fingerprint density at radius 2 is 2.31 bits per heavy atom. The van der Waals surface area contributed by atoms with Gasteiger partial charge >= 0.3 is 0 Å². The summed E-state index contributed by atoms with van der Waals surface area (Å²) in [6.45, 7) is 1.63. The fourth-order valence-electron chi connectivity index (χ4n) is 1.09. The number of hydrogen-bond donors (Lipinski definition) is 0. The Kier molecular flexibility index (Phi) is 2.76. The van der Waals surface area contributed by atoms with Gasteiger partial charge in [0.15, 0.2) is 0 Å². The molecule has 0 N–H and O–H groups in total. The number of carbonyl (C=O) groups is 1. The molecule has 0 heterocycles. The predicted octanol–water partition coefficient (Wildman–Crippen LogP) is 2.00. The minimum Gasteiger partial charge on any atom is -0.303 e. The van der Waals surface area contributed by atoms with Crippen molar-refractivity contribution in [3.05, 3.63) is 35.1 Å². The molecule has 0 aliphatic carbocycles. The lowest BCUT2D eigenvalue weighted by Gasteiger charge is -2.05. The molecule has 0 aromatic heterocycles. The molecule has 0 spiro atoms. The van der Waals surface area contributed by atoms with Gasteiger partial charge in [0.1, 0.15) is 12.1 Å². The van der Waals surface area contributed by atoms with Crippen molar-refractivity contribution in [1.82, 2.24) is 0 Å². The summed E-state index contributed by atoms with van der Waals surface area (Å²) in [5, 5.41) is 8.67. The summed E-state index contributed by atoms with van der Waals surface area (Å²) in [5.41, 5.74) is 0.790. The molecule has 2 nitrogen and oxygen atoms in total. The molecule has 3 heteroatoms. The number of hydrogen-bond acceptors (Lipinski definition) is 2. The molecule has 66 valence electrons. The number of benzene rings is 1. The number of carbonyl (C=O) groups excluding carboxylic acids is 1. The second-order valence-corrected chi connectivity index (χ2v) is 2.77. The van der Waals surface area contributed by atoms with E-state index in [1.807, 2.05) is 6.07 Å². The van der Waals surface area contributed by atoms with Crippen molar-refractivity contribution < 1.29 is 9.18 Å². The molecule has 1 atom stereocenters. The highest BCUT2D eigenvalue weighted by Crippen LogP contribution is 2.18. The van der Waals surface area contributed by atoms with Crippen LogP contribution in [0.5, 0.6) is 0 Å². The number of rotatable bonds is 2. The van der Waals surface area contributed by atoms with Crippen molar-refractivity contribution in [2.75, 3.05) is 0 Å². The van der Waals surface area contributed by atoms with Gasteiger partial charge in [0.2, 0.25) is 0 Å². The van der Waals surface area contributed by atoms with Crippen LogP contribution >= 0.6 is 0 Å². The van der Waals surface area contributed by atoms with Crippen LogP contribution in [0.25, 0.3) is 0 Å². The van der Waals surface area contributed by atoms with E-state index in [0.29, 0.717) is 17.4 Å². The smallest absolute Gasteiger partial charge is 0.127 e. The summed E-state index contributed by atoms with van der Waals surface area (Å²) in [5.74, 6) is -0.868. The standard InChI is InChI=1S/C10H8FNO/c1-7(6-13)10-4-9(11)3-2-8(10)5-12/h2-4,6-7H,1H3. The molecule has 13 heavy (non-hydrogen) atoms. The van der Waals surface area contributed by atoms with Crippen LogP contribution in [0.15, 0.2) is 18.2 Å². The largest absolute Gasteiger partial charge is 0.303 e. The first-order valence-electron chi connectivity index (χ1n) is 3.84. The van der Waals surface area contributed by atoms with Gasteiger partial charge in [-0.15, -0.1) is 0 Å². The SMILES string of the molecule is CC(C=O)c1cc(F)ccc1C#N. The van der Waals surface area contributed by atoms with Gasteiger partial charge in [-0.2, -0.15) is 5.26 Å². The fraction of sp³-hybridized carbons (Fsp3) is 0.200. The molecule has 0 aliphatic rings. The maximum absolute atomic E-state index is 12.8. The minimum atomic E-state index is -0.439. The third kappa shape index (κ3) is 1.91. The predicted molar refractivity (Wildman–Crippen MR) is 45.6 cm³/mol. The van der Waals surface area contributed by atoms with Gasteiger partial charge in [0.25, 0.3) is 0 Å². The lowest BCUT2D eigenvalue weighted by Crippen LogP contribution is -1.98. The normalized spacial score (nSPS) is 11.8. The molecule has 1 aromatic carbocycles. The van der Waals surface area contributed by atoms with Gasteiger partial charge in [-0.1, -0.05) is 6.92 Å². The lowest BCUT2D eigenvalue weighted by molar-refractivity contribution is -0.108. The average molecular weight is 177 g/mol. The van der Waals surface area contributed by atoms with Crippen molar-refractivity contribution in [3.8, 4) is 6.07 Å². The molecule has 0 radical (unpaired) electrons. The van der Waals surface area contributed by atoms with E-state index >= 15 is 0 Å². The fourth-order valence-corrected chi connectivity index (χ4v) is 1.09. The Hall–Kier alpha value is -1.69. The summed E-state index contributed by atoms with van der Waals surface area (Å²) in [7, 11) is 0. The second kappa shape index (κ2) is 3.81. The van der Waals surface area contributed by atoms with E-state index < -0.39 is 11.7 Å². The van der Waals surface area contributed by atoms with E-state index in [2.05, 4.69) is 0 Å². The Bertz CT molecular complexity index is 368. The highest BCUT2D eigenvalue weighted by Gasteiger charge is 2.10. The zero-order valence-electron chi connectivity index (χ0n) is 7.12. The van der Waals surface area contributed by atoms with E-state index in [1.165, 1.54) is 18.2 Å². The third-order valence-corrected chi connectivity index (χ3v) is 1.83. The number of nitrogens with zero attached hydrogens (tertiary/aromatic N) is 1. The van der Waals surface area contributed by atoms with Crippen molar-refractivity contribution in [1.29, 1.82) is 5.26 Å². The molecule has 1 rings (SSSR count). The third-order valence-electron chi connectivity index (χ3n) is 1.83. The van der Waals surface area contributed by atoms with Crippen LogP contribution in [0.1, 0.15) is 24.0 Å². The maximum Gasteiger partial charge on any atom is 0.127 e. The van der Waals surface area contributed by atoms with E-state index in [-0.39, 0.29) is 0 Å². The van der Waals surface area contributed by atoms with Gasteiger partial charge in [0, 0.05) is 5.92 Å². The first-order valence-corrected chi connectivity index (χ1v) is 3.84. The van der Waals surface area contributed by atoms with Crippen LogP contribution in [0.4, 0.5) is 4.39 Å². The molecular formula is C10H8FNO. The number of nitriles is 1. The highest BCUT2D eigenvalue weighted by atomic mass is 19.1. The van der Waals surface area contributed by atoms with Crippen LogP contribution in [0, 0.1) is 17.1 Å². The summed E-state index contributed by atoms with van der Waals surface area (Å²) in [6.07, 6.45) is 0.690. The highest BCUT2D eigenvalue weighted by molar-refractivity contribution is 5.63. The summed E-state index contributed by atoms with van der Waals surface area (Å²) in [6, 6.07) is 5.72. The summed E-state index contributed by atoms with van der Waals surface area (Å²) >= 11 is 0. The first kappa shape index (κ1) is 9.40. The first-order chi connectivity index (χ1) is 6.19. The molecule has 1 unspecified atom stereocenters. The Labute approximate surface area is 75.6 Å². The van der Waals surface area contributed by atoms with Crippen LogP contribution in [-0.2, 0) is 4.79 Å². The molecule has 0 bridgehead atoms. The van der Waals surface area contributed by atoms with E-state index in [4.69, 9.17) is 5.26 Å². The van der Waals surface area contributed by atoms with Gasteiger partial charge in [0.05, 0.1) is 11.6 Å². The maximum atomic E-state index is 12.8. The molecule has 0 fully saturated rings. The summed E-state index contributed by atoms with van der Waals surface area (Å²) < 4.78 is 12.8. The van der Waals surface area contributed by atoms with Gasteiger partial charge in [-0.25, -0.2) is 4.39 Å². The van der Waals surface area contributed by atoms with Gasteiger partial charge in [-0.3, -0.25) is 0 Å². The molecule has 0 amide bonds. The second-order valence-electron chi connectivity index (χ2n) is 2.77. The Balaban J connectivity index is 3.25. The van der Waals surface area contributed by atoms with E-state index in [0.717, 1.165) is 0 Å². The van der Waals surface area contributed by atoms with Crippen molar-refractivity contribution in [2.45, 2.75) is 12.8 Å². The molecular weight excluding hydrogens is 169 g/mol. The summed E-state index contributed by atoms with van der Waals surface area (Å²) in [4.78, 5) is 10.5. The van der Waals surface area contributed by atoms with E-state index in [9.17, 15) is 9.18 Å². The lowest BCUT2D eigenvalue weighted by atomic mass is 9.97. The monoisotopic (exact) mass is 177 g/mol. The van der Waals surface area contributed by atoms with Crippen LogP contribution < -0.4 is 0 Å². The number of aldehydes is 1.